The van der Waals surface area contributed by atoms with E-state index in [2.05, 4.69) is 5.43 Å². The maximum absolute atomic E-state index is 12.8. The number of hydrogen-bond donors (Lipinski definition) is 1. The van der Waals surface area contributed by atoms with Gasteiger partial charge in [-0.2, -0.15) is 0 Å². The smallest absolute Gasteiger partial charge is 0.311 e. The molecule has 0 aromatic heterocycles. The molecule has 3 aromatic carbocycles. The molecule has 0 unspecified atom stereocenters. The highest BCUT2D eigenvalue weighted by atomic mass is 16.6. The number of hydrazine groups is 1. The van der Waals surface area contributed by atoms with Gasteiger partial charge in [-0.15, -0.1) is 0 Å². The summed E-state index contributed by atoms with van der Waals surface area (Å²) in [6, 6.07) is 22.2. The third-order valence-corrected chi connectivity index (χ3v) is 4.65. The Morgan fingerprint density at radius 1 is 0.935 bits per heavy atom. The van der Waals surface area contributed by atoms with Gasteiger partial charge in [0, 0.05) is 11.6 Å². The van der Waals surface area contributed by atoms with Crippen molar-refractivity contribution < 1.29 is 19.2 Å². The van der Waals surface area contributed by atoms with Crippen molar-refractivity contribution in [2.24, 2.45) is 0 Å². The summed E-state index contributed by atoms with van der Waals surface area (Å²) in [5, 5.41) is 12.7. The summed E-state index contributed by atoms with van der Waals surface area (Å²) in [5.41, 5.74) is 3.70. The predicted octanol–water partition coefficient (Wildman–Crippen LogP) is 3.64. The van der Waals surface area contributed by atoms with Crippen LogP contribution in [0.3, 0.4) is 0 Å². The molecule has 1 saturated heterocycles. The van der Waals surface area contributed by atoms with Crippen LogP contribution in [0.2, 0.25) is 0 Å². The van der Waals surface area contributed by atoms with Gasteiger partial charge in [0.2, 0.25) is 5.75 Å². The molecule has 0 spiro atoms. The van der Waals surface area contributed by atoms with Crippen molar-refractivity contribution in [3.05, 3.63) is 106 Å². The van der Waals surface area contributed by atoms with Crippen molar-refractivity contribution in [3.8, 4) is 5.75 Å². The fourth-order valence-corrected chi connectivity index (χ4v) is 3.16. The SMILES string of the molecule is O=C1NN(c2ccccc2)C(=O)C1=Cc1cccc([N+](=O)[O-])c1OCc1ccccc1. The zero-order valence-electron chi connectivity index (χ0n) is 16.2. The number of hydrogen-bond acceptors (Lipinski definition) is 5. The maximum atomic E-state index is 12.8. The van der Waals surface area contributed by atoms with Crippen LogP contribution in [0.1, 0.15) is 11.1 Å². The molecule has 1 heterocycles. The van der Waals surface area contributed by atoms with Gasteiger partial charge in [-0.25, -0.2) is 5.01 Å². The second kappa shape index (κ2) is 8.50. The summed E-state index contributed by atoms with van der Waals surface area (Å²) in [7, 11) is 0. The first-order valence-corrected chi connectivity index (χ1v) is 9.41. The van der Waals surface area contributed by atoms with Crippen molar-refractivity contribution in [3.63, 3.8) is 0 Å². The minimum Gasteiger partial charge on any atom is -0.482 e. The molecule has 8 nitrogen and oxygen atoms in total. The molecule has 8 heteroatoms. The molecular formula is C23H17N3O5. The summed E-state index contributed by atoms with van der Waals surface area (Å²) >= 11 is 0. The van der Waals surface area contributed by atoms with E-state index >= 15 is 0 Å². The largest absolute Gasteiger partial charge is 0.482 e. The Bertz CT molecular complexity index is 1180. The average Bonchev–Trinajstić information content (AvgIpc) is 3.07. The van der Waals surface area contributed by atoms with Crippen molar-refractivity contribution in [2.75, 3.05) is 5.01 Å². The third-order valence-electron chi connectivity index (χ3n) is 4.65. The molecule has 2 amide bonds. The second-order valence-corrected chi connectivity index (χ2v) is 6.70. The Kier molecular flexibility index (Phi) is 5.44. The second-order valence-electron chi connectivity index (χ2n) is 6.70. The Morgan fingerprint density at radius 3 is 2.29 bits per heavy atom. The summed E-state index contributed by atoms with van der Waals surface area (Å²) in [6.45, 7) is 0.0954. The summed E-state index contributed by atoms with van der Waals surface area (Å²) in [6.07, 6.45) is 1.31. The monoisotopic (exact) mass is 415 g/mol. The molecule has 0 atom stereocenters. The number of anilines is 1. The zero-order valence-corrected chi connectivity index (χ0v) is 16.2. The lowest BCUT2D eigenvalue weighted by Crippen LogP contribution is -2.35. The highest BCUT2D eigenvalue weighted by molar-refractivity contribution is 6.31. The molecule has 0 saturated carbocycles. The number of para-hydroxylation sites is 2. The van der Waals surface area contributed by atoms with Crippen LogP contribution in [-0.4, -0.2) is 16.7 Å². The number of rotatable bonds is 6. The number of nitro benzene ring substituents is 1. The number of amides is 2. The third kappa shape index (κ3) is 4.13. The molecule has 1 aliphatic heterocycles. The lowest BCUT2D eigenvalue weighted by atomic mass is 10.1. The normalized spacial score (nSPS) is 14.6. The van der Waals surface area contributed by atoms with Crippen LogP contribution in [0.15, 0.2) is 84.4 Å². The number of carbonyl (C=O) groups excluding carboxylic acids is 2. The molecule has 3 aromatic rings. The first kappa shape index (κ1) is 19.8. The van der Waals surface area contributed by atoms with Crippen molar-refractivity contribution in [2.45, 2.75) is 6.61 Å². The number of nitrogens with zero attached hydrogens (tertiary/aromatic N) is 2. The van der Waals surface area contributed by atoms with Gasteiger partial charge < -0.3 is 4.74 Å². The summed E-state index contributed by atoms with van der Waals surface area (Å²) < 4.78 is 5.77. The predicted molar refractivity (Wildman–Crippen MR) is 114 cm³/mol. The number of ether oxygens (including phenoxy) is 1. The fourth-order valence-electron chi connectivity index (χ4n) is 3.16. The van der Waals surface area contributed by atoms with E-state index in [1.807, 2.05) is 30.3 Å². The molecule has 4 rings (SSSR count). The summed E-state index contributed by atoms with van der Waals surface area (Å²) in [5.74, 6) is -1.17. The van der Waals surface area contributed by atoms with Crippen LogP contribution in [0, 0.1) is 10.1 Å². The van der Waals surface area contributed by atoms with E-state index in [9.17, 15) is 19.7 Å². The van der Waals surface area contributed by atoms with Gasteiger partial charge in [-0.05, 0) is 23.8 Å². The molecule has 0 aliphatic carbocycles. The minimum atomic E-state index is -0.602. The molecular weight excluding hydrogens is 398 g/mol. The first-order chi connectivity index (χ1) is 15.0. The number of nitro groups is 1. The molecule has 154 valence electrons. The number of nitrogens with one attached hydrogen (secondary N) is 1. The quantitative estimate of drug-likeness (QED) is 0.287. The van der Waals surface area contributed by atoms with E-state index in [1.54, 1.807) is 36.4 Å². The van der Waals surface area contributed by atoms with Gasteiger partial charge in [0.1, 0.15) is 12.2 Å². The van der Waals surface area contributed by atoms with Gasteiger partial charge in [-0.1, -0.05) is 60.7 Å². The molecule has 0 bridgehead atoms. The van der Waals surface area contributed by atoms with E-state index in [0.717, 1.165) is 10.6 Å². The van der Waals surface area contributed by atoms with Gasteiger partial charge in [0.25, 0.3) is 11.8 Å². The number of carbonyl (C=O) groups is 2. The van der Waals surface area contributed by atoms with Crippen LogP contribution >= 0.6 is 0 Å². The Morgan fingerprint density at radius 2 is 1.61 bits per heavy atom. The molecule has 1 fully saturated rings. The zero-order chi connectivity index (χ0) is 21.8. The lowest BCUT2D eigenvalue weighted by Gasteiger charge is -2.14. The van der Waals surface area contributed by atoms with E-state index in [-0.39, 0.29) is 29.2 Å². The van der Waals surface area contributed by atoms with Crippen molar-refractivity contribution in [1.82, 2.24) is 5.43 Å². The summed E-state index contributed by atoms with van der Waals surface area (Å²) in [4.78, 5) is 36.3. The maximum Gasteiger partial charge on any atom is 0.311 e. The molecule has 1 aliphatic rings. The van der Waals surface area contributed by atoms with E-state index in [0.29, 0.717) is 5.69 Å². The average molecular weight is 415 g/mol. The minimum absolute atomic E-state index is 0.0115. The Hall–Kier alpha value is -4.46. The lowest BCUT2D eigenvalue weighted by molar-refractivity contribution is -0.386. The highest BCUT2D eigenvalue weighted by Gasteiger charge is 2.35. The van der Waals surface area contributed by atoms with Gasteiger partial charge in [-0.3, -0.25) is 25.1 Å². The van der Waals surface area contributed by atoms with E-state index < -0.39 is 16.7 Å². The van der Waals surface area contributed by atoms with Gasteiger partial charge >= 0.3 is 5.69 Å². The van der Waals surface area contributed by atoms with Gasteiger partial charge in [0.15, 0.2) is 0 Å². The van der Waals surface area contributed by atoms with Crippen LogP contribution in [0.4, 0.5) is 11.4 Å². The van der Waals surface area contributed by atoms with Crippen LogP contribution in [0.5, 0.6) is 5.75 Å². The van der Waals surface area contributed by atoms with Crippen LogP contribution < -0.4 is 15.2 Å². The molecule has 0 radical (unpaired) electrons. The molecule has 1 N–H and O–H groups in total. The topological polar surface area (TPSA) is 102 Å². The number of benzene rings is 3. The highest BCUT2D eigenvalue weighted by Crippen LogP contribution is 2.34. The van der Waals surface area contributed by atoms with E-state index in [4.69, 9.17) is 4.74 Å². The Balaban J connectivity index is 1.69. The van der Waals surface area contributed by atoms with E-state index in [1.165, 1.54) is 18.2 Å². The molecule has 31 heavy (non-hydrogen) atoms. The standard InChI is InChI=1S/C23H17N3O5/c27-22-19(23(28)25(24-22)18-11-5-2-6-12-18)14-17-10-7-13-20(26(29)30)21(17)31-15-16-8-3-1-4-9-16/h1-14H,15H2,(H,24,27). The van der Waals surface area contributed by atoms with Crippen LogP contribution in [0.25, 0.3) is 6.08 Å². The van der Waals surface area contributed by atoms with Crippen molar-refractivity contribution >= 4 is 29.3 Å². The van der Waals surface area contributed by atoms with Crippen molar-refractivity contribution in [1.29, 1.82) is 0 Å². The van der Waals surface area contributed by atoms with Crippen LogP contribution in [-0.2, 0) is 16.2 Å². The van der Waals surface area contributed by atoms with Gasteiger partial charge in [0.05, 0.1) is 10.6 Å². The first-order valence-electron chi connectivity index (χ1n) is 9.41. The Labute approximate surface area is 177 Å². The fraction of sp³-hybridized carbons (Fsp3) is 0.0435.